The summed E-state index contributed by atoms with van der Waals surface area (Å²) >= 11 is 0. The zero-order chi connectivity index (χ0) is 20.6. The summed E-state index contributed by atoms with van der Waals surface area (Å²) in [6.45, 7) is 13.4. The minimum absolute atomic E-state index is 0. The zero-order valence-corrected chi connectivity index (χ0v) is 18.5. The third kappa shape index (κ3) is 8.55. The second kappa shape index (κ2) is 12.2. The van der Waals surface area contributed by atoms with Crippen molar-refractivity contribution in [3.05, 3.63) is 75.7 Å². The van der Waals surface area contributed by atoms with Gasteiger partial charge in [0.05, 0.1) is 5.69 Å². The molecule has 0 aliphatic carbocycles. The van der Waals surface area contributed by atoms with E-state index in [-0.39, 0.29) is 17.1 Å². The Morgan fingerprint density at radius 2 is 1.29 bits per heavy atom. The van der Waals surface area contributed by atoms with Gasteiger partial charge in [0.15, 0.2) is 0 Å². The molecular formula is C23H28CuN2O2. The van der Waals surface area contributed by atoms with Crippen molar-refractivity contribution in [2.75, 3.05) is 0 Å². The number of carboxylic acids is 1. The molecule has 0 N–H and O–H groups in total. The molecule has 0 saturated heterocycles. The molecule has 0 atom stereocenters. The maximum atomic E-state index is 8.89. The molecule has 0 bridgehead atoms. The number of hydrogen-bond donors (Lipinski definition) is 0. The van der Waals surface area contributed by atoms with E-state index < -0.39 is 5.97 Å². The summed E-state index contributed by atoms with van der Waals surface area (Å²) in [7, 11) is 0. The van der Waals surface area contributed by atoms with Crippen molar-refractivity contribution in [3.63, 3.8) is 0 Å². The van der Waals surface area contributed by atoms with Crippen molar-refractivity contribution >= 4 is 23.1 Å². The molecule has 0 fully saturated rings. The first kappa shape index (κ1) is 25.6. The molecule has 2 aromatic carbocycles. The smallest absolute Gasteiger partial charge is 0.661 e. The van der Waals surface area contributed by atoms with Gasteiger partial charge in [-0.3, -0.25) is 4.99 Å². The number of benzene rings is 2. The first-order chi connectivity index (χ1) is 12.6. The third-order valence-corrected chi connectivity index (χ3v) is 3.87. The zero-order valence-electron chi connectivity index (χ0n) is 17.6. The van der Waals surface area contributed by atoms with Crippen LogP contribution in [0.5, 0.6) is 0 Å². The molecule has 0 aliphatic heterocycles. The van der Waals surface area contributed by atoms with Crippen molar-refractivity contribution in [3.8, 4) is 0 Å². The van der Waals surface area contributed by atoms with Gasteiger partial charge in [-0.25, -0.2) is 0 Å². The summed E-state index contributed by atoms with van der Waals surface area (Å²) in [6, 6.07) is 12.5. The first-order valence-corrected chi connectivity index (χ1v) is 8.87. The first-order valence-electron chi connectivity index (χ1n) is 8.87. The van der Waals surface area contributed by atoms with Gasteiger partial charge in [0.1, 0.15) is 0 Å². The van der Waals surface area contributed by atoms with Crippen LogP contribution < -0.4 is 5.11 Å². The van der Waals surface area contributed by atoms with Crippen molar-refractivity contribution in [2.45, 2.75) is 48.5 Å². The van der Waals surface area contributed by atoms with Crippen LogP contribution in [0.25, 0.3) is 5.32 Å². The second-order valence-corrected chi connectivity index (χ2v) is 6.62. The number of carboxylic acid groups (broad SMARTS) is 1. The number of aliphatic carboxylic acids is 1. The van der Waals surface area contributed by atoms with Crippen LogP contribution in [0.4, 0.5) is 11.4 Å². The number of rotatable bonds is 4. The number of carbonyl (C=O) groups excluding carboxylic acids is 1. The van der Waals surface area contributed by atoms with Crippen molar-refractivity contribution in [2.24, 2.45) is 4.99 Å². The molecule has 2 aromatic rings. The monoisotopic (exact) mass is 427 g/mol. The SMILES string of the molecule is CC(/C=C(/C)[N-]c1c(C)cccc1C)=Nc1c(C)cccc1C.CC(=O)[O-].[Cu+2]. The van der Waals surface area contributed by atoms with Crippen molar-refractivity contribution in [1.82, 2.24) is 0 Å². The fraction of sp³-hybridized carbons (Fsp3) is 0.304. The number of para-hydroxylation sites is 2. The van der Waals surface area contributed by atoms with Gasteiger partial charge < -0.3 is 15.2 Å². The molecule has 2 rings (SSSR count). The molecule has 1 radical (unpaired) electrons. The summed E-state index contributed by atoms with van der Waals surface area (Å²) in [6.07, 6.45) is 2.04. The molecule has 0 unspecified atom stereocenters. The molecule has 0 saturated carbocycles. The number of aliphatic imine (C=N–C) groups is 1. The van der Waals surface area contributed by atoms with Crippen LogP contribution in [-0.4, -0.2) is 11.7 Å². The van der Waals surface area contributed by atoms with Gasteiger partial charge in [-0.15, -0.1) is 5.69 Å². The van der Waals surface area contributed by atoms with Gasteiger partial charge >= 0.3 is 17.1 Å². The topological polar surface area (TPSA) is 66.6 Å². The number of hydrogen-bond acceptors (Lipinski definition) is 3. The summed E-state index contributed by atoms with van der Waals surface area (Å²) in [4.78, 5) is 13.7. The minimum atomic E-state index is -1.08. The molecule has 153 valence electrons. The average molecular weight is 428 g/mol. The number of aryl methyl sites for hydroxylation is 4. The largest absolute Gasteiger partial charge is 2.00 e. The van der Waals surface area contributed by atoms with Crippen LogP contribution in [0, 0.1) is 27.7 Å². The fourth-order valence-electron chi connectivity index (χ4n) is 2.68. The van der Waals surface area contributed by atoms with E-state index in [1.807, 2.05) is 19.9 Å². The number of nitrogens with zero attached hydrogens (tertiary/aromatic N) is 2. The van der Waals surface area contributed by atoms with Gasteiger partial charge in [-0.1, -0.05) is 60.5 Å². The third-order valence-electron chi connectivity index (χ3n) is 3.87. The van der Waals surface area contributed by atoms with Crippen LogP contribution in [0.3, 0.4) is 0 Å². The van der Waals surface area contributed by atoms with E-state index in [0.717, 1.165) is 29.7 Å². The maximum absolute atomic E-state index is 8.89. The van der Waals surface area contributed by atoms with Crippen LogP contribution in [0.2, 0.25) is 0 Å². The van der Waals surface area contributed by atoms with Crippen molar-refractivity contribution < 1.29 is 27.0 Å². The number of carbonyl (C=O) groups is 1. The summed E-state index contributed by atoms with van der Waals surface area (Å²) < 4.78 is 0. The molecule has 0 spiro atoms. The van der Waals surface area contributed by atoms with E-state index in [9.17, 15) is 0 Å². The van der Waals surface area contributed by atoms with E-state index in [2.05, 4.69) is 64.1 Å². The average Bonchev–Trinajstić information content (AvgIpc) is 2.54. The Labute approximate surface area is 179 Å². The standard InChI is InChI=1S/C21H25N2.C2H4O2.Cu/c1-14-9-7-10-15(2)20(14)22-18(5)13-19(6)23-21-16(3)11-8-12-17(21)4;1-2(3)4;/h7-13H,1-6H3;1H3,(H,3,4);/q-1;;+2/p-1/b18-13-,23-19?;;. The minimum Gasteiger partial charge on any atom is -0.661 e. The second-order valence-electron chi connectivity index (χ2n) is 6.62. The normalized spacial score (nSPS) is 11.1. The van der Waals surface area contributed by atoms with E-state index in [0.29, 0.717) is 0 Å². The van der Waals surface area contributed by atoms with E-state index in [1.54, 1.807) is 0 Å². The predicted octanol–water partition coefficient (Wildman–Crippen LogP) is 5.38. The van der Waals surface area contributed by atoms with E-state index >= 15 is 0 Å². The maximum Gasteiger partial charge on any atom is 2.00 e. The Balaban J connectivity index is 0.00000133. The Kier molecular flexibility index (Phi) is 11.1. The molecule has 0 heterocycles. The Morgan fingerprint density at radius 1 is 0.893 bits per heavy atom. The predicted molar refractivity (Wildman–Crippen MR) is 112 cm³/mol. The Morgan fingerprint density at radius 3 is 1.71 bits per heavy atom. The van der Waals surface area contributed by atoms with E-state index in [1.165, 1.54) is 22.3 Å². The Hall–Kier alpha value is -2.36. The molecule has 4 nitrogen and oxygen atoms in total. The molecular weight excluding hydrogens is 400 g/mol. The summed E-state index contributed by atoms with van der Waals surface area (Å²) in [5.74, 6) is -1.08. The van der Waals surface area contributed by atoms with Gasteiger partial charge in [-0.05, 0) is 52.7 Å². The molecule has 0 amide bonds. The molecule has 0 aliphatic rings. The van der Waals surface area contributed by atoms with Crippen LogP contribution in [0.15, 0.2) is 53.2 Å². The van der Waals surface area contributed by atoms with Crippen LogP contribution in [0.1, 0.15) is 43.0 Å². The molecule has 0 aromatic heterocycles. The quantitative estimate of drug-likeness (QED) is 0.485. The Bertz CT molecular complexity index is 826. The molecule has 28 heavy (non-hydrogen) atoms. The molecule has 5 heteroatoms. The number of allylic oxidation sites excluding steroid dienone is 2. The van der Waals surface area contributed by atoms with E-state index in [4.69, 9.17) is 20.2 Å². The van der Waals surface area contributed by atoms with Crippen LogP contribution >= 0.6 is 0 Å². The fourth-order valence-corrected chi connectivity index (χ4v) is 2.68. The van der Waals surface area contributed by atoms with Gasteiger partial charge in [0.25, 0.3) is 0 Å². The van der Waals surface area contributed by atoms with Gasteiger partial charge in [0.2, 0.25) is 0 Å². The summed E-state index contributed by atoms with van der Waals surface area (Å²) in [5.41, 5.74) is 8.83. The summed E-state index contributed by atoms with van der Waals surface area (Å²) in [5, 5.41) is 13.7. The van der Waals surface area contributed by atoms with Crippen LogP contribution in [-0.2, 0) is 21.9 Å². The van der Waals surface area contributed by atoms with Crippen molar-refractivity contribution in [1.29, 1.82) is 0 Å². The van der Waals surface area contributed by atoms with Gasteiger partial charge in [-0.2, -0.15) is 5.70 Å². The van der Waals surface area contributed by atoms with Gasteiger partial charge in [0, 0.05) is 11.7 Å².